The molecule has 0 aromatic heterocycles. The molecule has 3 amide bonds. The van der Waals surface area contributed by atoms with Gasteiger partial charge in [-0.25, -0.2) is 4.39 Å². The monoisotopic (exact) mass is 508 g/mol. The smallest absolute Gasteiger partial charge is 0.294 e. The Morgan fingerprint density at radius 3 is 2.54 bits per heavy atom. The normalized spacial score (nSPS) is 14.5. The Hall–Kier alpha value is -3.56. The summed E-state index contributed by atoms with van der Waals surface area (Å²) in [5.74, 6) is -0.648. The zero-order valence-electron chi connectivity index (χ0n) is 18.7. The Morgan fingerprint density at radius 2 is 1.83 bits per heavy atom. The standard InChI is InChI=1S/C26H21FN2O4S2/c1-34-22-4-2-3-20(14-22)28-24(30)15-29-25(31)23(35-26(29)32)13-17-7-11-21(12-8-17)33-16-18-5-9-19(27)10-6-18/h2-14H,15-16H2,1H3,(H,28,30)/b23-13-. The number of nitrogens with zero attached hydrogens (tertiary/aromatic N) is 1. The minimum absolute atomic E-state index is 0.243. The fraction of sp³-hybridized carbons (Fsp3) is 0.115. The number of hydrogen-bond acceptors (Lipinski definition) is 6. The van der Waals surface area contributed by atoms with E-state index in [1.807, 2.05) is 24.5 Å². The molecule has 1 N–H and O–H groups in total. The van der Waals surface area contributed by atoms with E-state index in [2.05, 4.69) is 5.32 Å². The van der Waals surface area contributed by atoms with Gasteiger partial charge >= 0.3 is 0 Å². The van der Waals surface area contributed by atoms with Crippen LogP contribution in [0.25, 0.3) is 6.08 Å². The van der Waals surface area contributed by atoms with Crippen molar-refractivity contribution in [3.8, 4) is 5.75 Å². The lowest BCUT2D eigenvalue weighted by atomic mass is 10.2. The second-order valence-electron chi connectivity index (χ2n) is 7.53. The third kappa shape index (κ3) is 6.52. The first-order valence-corrected chi connectivity index (χ1v) is 12.6. The van der Waals surface area contributed by atoms with Crippen molar-refractivity contribution in [1.82, 2.24) is 4.90 Å². The SMILES string of the molecule is CSc1cccc(NC(=O)CN2C(=O)S/C(=C\c3ccc(OCc4ccc(F)cc4)cc3)C2=O)c1. The van der Waals surface area contributed by atoms with Crippen LogP contribution in [0.5, 0.6) is 5.75 Å². The molecule has 0 saturated carbocycles. The summed E-state index contributed by atoms with van der Waals surface area (Å²) in [7, 11) is 0. The number of halogens is 1. The van der Waals surface area contributed by atoms with Crippen molar-refractivity contribution in [3.63, 3.8) is 0 Å². The molecule has 1 fully saturated rings. The molecule has 4 rings (SSSR count). The molecule has 3 aromatic carbocycles. The summed E-state index contributed by atoms with van der Waals surface area (Å²) in [6, 6.07) is 20.4. The molecule has 1 aliphatic heterocycles. The maximum absolute atomic E-state index is 13.0. The maximum atomic E-state index is 13.0. The van der Waals surface area contributed by atoms with Crippen molar-refractivity contribution >= 4 is 52.3 Å². The van der Waals surface area contributed by atoms with E-state index in [1.54, 1.807) is 60.3 Å². The average Bonchev–Trinajstić information content (AvgIpc) is 3.12. The van der Waals surface area contributed by atoms with Gasteiger partial charge in [0.05, 0.1) is 4.91 Å². The summed E-state index contributed by atoms with van der Waals surface area (Å²) in [4.78, 5) is 39.7. The lowest BCUT2D eigenvalue weighted by Gasteiger charge is -2.12. The first-order chi connectivity index (χ1) is 16.9. The molecular weight excluding hydrogens is 487 g/mol. The van der Waals surface area contributed by atoms with Crippen LogP contribution in [0.1, 0.15) is 11.1 Å². The van der Waals surface area contributed by atoms with Gasteiger partial charge < -0.3 is 10.1 Å². The van der Waals surface area contributed by atoms with E-state index in [0.29, 0.717) is 23.6 Å². The number of nitrogens with one attached hydrogen (secondary N) is 1. The van der Waals surface area contributed by atoms with Crippen molar-refractivity contribution in [1.29, 1.82) is 0 Å². The molecule has 6 nitrogen and oxygen atoms in total. The number of carbonyl (C=O) groups excluding carboxylic acids is 3. The molecule has 35 heavy (non-hydrogen) atoms. The van der Waals surface area contributed by atoms with Gasteiger partial charge in [-0.1, -0.05) is 30.3 Å². The van der Waals surface area contributed by atoms with Crippen LogP contribution in [0.4, 0.5) is 14.9 Å². The summed E-state index contributed by atoms with van der Waals surface area (Å²) in [5.41, 5.74) is 2.15. The maximum Gasteiger partial charge on any atom is 0.294 e. The Kier molecular flexibility index (Phi) is 7.89. The summed E-state index contributed by atoms with van der Waals surface area (Å²) < 4.78 is 18.7. The number of ether oxygens (including phenoxy) is 1. The highest BCUT2D eigenvalue weighted by molar-refractivity contribution is 8.18. The van der Waals surface area contributed by atoms with E-state index < -0.39 is 17.1 Å². The molecule has 1 saturated heterocycles. The van der Waals surface area contributed by atoms with Gasteiger partial charge in [0.1, 0.15) is 24.7 Å². The molecule has 0 spiro atoms. The number of thioether (sulfide) groups is 2. The van der Waals surface area contributed by atoms with E-state index >= 15 is 0 Å². The molecule has 9 heteroatoms. The molecule has 178 valence electrons. The number of amides is 3. The minimum atomic E-state index is -0.510. The summed E-state index contributed by atoms with van der Waals surface area (Å²) in [6.07, 6.45) is 3.54. The summed E-state index contributed by atoms with van der Waals surface area (Å²) in [6.45, 7) is -0.0657. The van der Waals surface area contributed by atoms with Gasteiger partial charge in [0.2, 0.25) is 5.91 Å². The first-order valence-electron chi connectivity index (χ1n) is 10.6. The van der Waals surface area contributed by atoms with Crippen molar-refractivity contribution in [2.75, 3.05) is 18.1 Å². The molecule has 0 radical (unpaired) electrons. The highest BCUT2D eigenvalue weighted by atomic mass is 32.2. The minimum Gasteiger partial charge on any atom is -0.489 e. The topological polar surface area (TPSA) is 75.7 Å². The third-order valence-electron chi connectivity index (χ3n) is 5.03. The second kappa shape index (κ2) is 11.2. The summed E-state index contributed by atoms with van der Waals surface area (Å²) >= 11 is 2.34. The largest absolute Gasteiger partial charge is 0.489 e. The number of rotatable bonds is 8. The van der Waals surface area contributed by atoms with Crippen LogP contribution in [-0.4, -0.2) is 34.8 Å². The Labute approximate surface area is 210 Å². The first kappa shape index (κ1) is 24.6. The predicted molar refractivity (Wildman–Crippen MR) is 137 cm³/mol. The van der Waals surface area contributed by atoms with Crippen molar-refractivity contribution < 1.29 is 23.5 Å². The van der Waals surface area contributed by atoms with Gasteiger partial charge in [-0.05, 0) is 77.7 Å². The lowest BCUT2D eigenvalue weighted by Crippen LogP contribution is -2.36. The van der Waals surface area contributed by atoms with Crippen molar-refractivity contribution in [3.05, 3.63) is 94.6 Å². The number of benzene rings is 3. The number of imide groups is 1. The second-order valence-corrected chi connectivity index (χ2v) is 9.41. The van der Waals surface area contributed by atoms with Crippen LogP contribution in [0.2, 0.25) is 0 Å². The van der Waals surface area contributed by atoms with Gasteiger partial charge in [-0.15, -0.1) is 11.8 Å². The van der Waals surface area contributed by atoms with Gasteiger partial charge in [0.25, 0.3) is 11.1 Å². The van der Waals surface area contributed by atoms with Crippen LogP contribution in [0.15, 0.2) is 82.6 Å². The third-order valence-corrected chi connectivity index (χ3v) is 6.66. The number of carbonyl (C=O) groups is 3. The molecular formula is C26H21FN2O4S2. The molecule has 3 aromatic rings. The highest BCUT2D eigenvalue weighted by Crippen LogP contribution is 2.32. The van der Waals surface area contributed by atoms with Crippen LogP contribution >= 0.6 is 23.5 Å². The molecule has 0 aliphatic carbocycles. The highest BCUT2D eigenvalue weighted by Gasteiger charge is 2.36. The Morgan fingerprint density at radius 1 is 1.09 bits per heavy atom. The predicted octanol–water partition coefficient (Wildman–Crippen LogP) is 5.80. The van der Waals surface area contributed by atoms with E-state index in [4.69, 9.17) is 4.74 Å². The van der Waals surface area contributed by atoms with Gasteiger partial charge in [0.15, 0.2) is 0 Å². The van der Waals surface area contributed by atoms with Crippen LogP contribution in [-0.2, 0) is 16.2 Å². The lowest BCUT2D eigenvalue weighted by molar-refractivity contribution is -0.127. The fourth-order valence-corrected chi connectivity index (χ4v) is 4.54. The van der Waals surface area contributed by atoms with Crippen molar-refractivity contribution in [2.24, 2.45) is 0 Å². The van der Waals surface area contributed by atoms with E-state index in [-0.39, 0.29) is 17.3 Å². The zero-order valence-corrected chi connectivity index (χ0v) is 20.3. The molecule has 0 unspecified atom stereocenters. The zero-order chi connectivity index (χ0) is 24.8. The summed E-state index contributed by atoms with van der Waals surface area (Å²) in [5, 5.41) is 2.23. The number of anilines is 1. The van der Waals surface area contributed by atoms with Gasteiger partial charge in [0, 0.05) is 10.6 Å². The fourth-order valence-electron chi connectivity index (χ4n) is 3.24. The van der Waals surface area contributed by atoms with E-state index in [1.165, 1.54) is 12.1 Å². The van der Waals surface area contributed by atoms with Crippen LogP contribution in [0, 0.1) is 5.82 Å². The van der Waals surface area contributed by atoms with E-state index in [0.717, 1.165) is 27.1 Å². The quantitative estimate of drug-likeness (QED) is 0.306. The molecule has 1 heterocycles. The molecule has 1 aliphatic rings. The Balaban J connectivity index is 1.35. The van der Waals surface area contributed by atoms with Gasteiger partial charge in [-0.3, -0.25) is 19.3 Å². The molecule has 0 bridgehead atoms. The van der Waals surface area contributed by atoms with Crippen LogP contribution in [0.3, 0.4) is 0 Å². The van der Waals surface area contributed by atoms with Crippen LogP contribution < -0.4 is 10.1 Å². The number of hydrogen-bond donors (Lipinski definition) is 1. The Bertz CT molecular complexity index is 1280. The van der Waals surface area contributed by atoms with Crippen molar-refractivity contribution in [2.45, 2.75) is 11.5 Å². The molecule has 0 atom stereocenters. The average molecular weight is 509 g/mol. The van der Waals surface area contributed by atoms with Gasteiger partial charge in [-0.2, -0.15) is 0 Å². The van der Waals surface area contributed by atoms with E-state index in [9.17, 15) is 18.8 Å².